The van der Waals surface area contributed by atoms with E-state index in [0.717, 1.165) is 5.56 Å². The Hall–Kier alpha value is -2.09. The van der Waals surface area contributed by atoms with E-state index in [4.69, 9.17) is 5.11 Å². The molecule has 0 bridgehead atoms. The molecule has 0 aromatic heterocycles. The zero-order valence-electron chi connectivity index (χ0n) is 14.4. The van der Waals surface area contributed by atoms with Crippen LogP contribution in [0.15, 0.2) is 29.2 Å². The Labute approximate surface area is 147 Å². The molecule has 1 saturated heterocycles. The fraction of sp³-hybridized carbons (Fsp3) is 0.529. The van der Waals surface area contributed by atoms with E-state index >= 15 is 0 Å². The number of aliphatic carboxylic acids is 1. The van der Waals surface area contributed by atoms with Crippen LogP contribution in [0.2, 0.25) is 0 Å². The van der Waals surface area contributed by atoms with E-state index in [2.05, 4.69) is 5.32 Å². The number of hydrogen-bond acceptors (Lipinski definition) is 4. The number of carbonyl (C=O) groups excluding carboxylic acids is 1. The molecule has 1 aliphatic rings. The molecule has 138 valence electrons. The van der Waals surface area contributed by atoms with Crippen molar-refractivity contribution in [2.24, 2.45) is 11.8 Å². The van der Waals surface area contributed by atoms with Crippen LogP contribution in [0.25, 0.3) is 0 Å². The topological polar surface area (TPSA) is 104 Å². The number of carboxylic acids is 1. The van der Waals surface area contributed by atoms with Crippen LogP contribution in [-0.2, 0) is 21.2 Å². The third-order valence-electron chi connectivity index (χ3n) is 4.40. The van der Waals surface area contributed by atoms with Crippen LogP contribution >= 0.6 is 0 Å². The lowest BCUT2D eigenvalue weighted by molar-refractivity contribution is -0.143. The monoisotopic (exact) mass is 368 g/mol. The number of sulfone groups is 1. The van der Waals surface area contributed by atoms with Crippen molar-refractivity contribution in [1.82, 2.24) is 10.2 Å². The first-order valence-electron chi connectivity index (χ1n) is 8.30. The van der Waals surface area contributed by atoms with Gasteiger partial charge in [-0.05, 0) is 30.0 Å². The number of hydrogen-bond donors (Lipinski definition) is 2. The third-order valence-corrected chi connectivity index (χ3v) is 6.15. The minimum Gasteiger partial charge on any atom is -0.481 e. The van der Waals surface area contributed by atoms with Gasteiger partial charge >= 0.3 is 12.0 Å². The second-order valence-corrected chi connectivity index (χ2v) is 8.77. The van der Waals surface area contributed by atoms with Crippen LogP contribution in [0.5, 0.6) is 0 Å². The van der Waals surface area contributed by atoms with Gasteiger partial charge < -0.3 is 15.3 Å². The Morgan fingerprint density at radius 2 is 1.88 bits per heavy atom. The Balaban J connectivity index is 1.94. The van der Waals surface area contributed by atoms with E-state index < -0.39 is 21.7 Å². The molecule has 0 saturated carbocycles. The molecule has 25 heavy (non-hydrogen) atoms. The number of carboxylic acid groups (broad SMARTS) is 1. The van der Waals surface area contributed by atoms with Crippen LogP contribution in [0.1, 0.15) is 25.8 Å². The van der Waals surface area contributed by atoms with E-state index in [1.807, 2.05) is 6.92 Å². The highest BCUT2D eigenvalue weighted by atomic mass is 32.2. The van der Waals surface area contributed by atoms with Gasteiger partial charge in [0.1, 0.15) is 0 Å². The third kappa shape index (κ3) is 4.94. The number of nitrogens with one attached hydrogen (secondary N) is 1. The second-order valence-electron chi connectivity index (χ2n) is 6.49. The molecular weight excluding hydrogens is 344 g/mol. The number of piperidine rings is 1. The quantitative estimate of drug-likeness (QED) is 0.824. The smallest absolute Gasteiger partial charge is 0.317 e. The Bertz CT molecular complexity index is 730. The Kier molecular flexibility index (Phi) is 6.05. The van der Waals surface area contributed by atoms with Crippen LogP contribution in [0.3, 0.4) is 0 Å². The zero-order valence-corrected chi connectivity index (χ0v) is 15.3. The maximum Gasteiger partial charge on any atom is 0.317 e. The molecule has 1 fully saturated rings. The number of rotatable bonds is 5. The maximum atomic E-state index is 12.3. The van der Waals surface area contributed by atoms with Crippen molar-refractivity contribution in [1.29, 1.82) is 0 Å². The summed E-state index contributed by atoms with van der Waals surface area (Å²) in [6, 6.07) is 6.10. The summed E-state index contributed by atoms with van der Waals surface area (Å²) in [5.41, 5.74) is 0.781. The molecule has 2 N–H and O–H groups in total. The minimum absolute atomic E-state index is 0.0426. The molecule has 0 spiro atoms. The van der Waals surface area contributed by atoms with Gasteiger partial charge in [-0.25, -0.2) is 13.2 Å². The van der Waals surface area contributed by atoms with Crippen LogP contribution < -0.4 is 5.32 Å². The lowest BCUT2D eigenvalue weighted by Crippen LogP contribution is -2.49. The normalized spacial score (nSPS) is 21.0. The molecule has 1 aromatic carbocycles. The number of likely N-dealkylation sites (tertiary alicyclic amines) is 1. The van der Waals surface area contributed by atoms with Crippen LogP contribution in [0, 0.1) is 11.8 Å². The molecule has 1 heterocycles. The van der Waals surface area contributed by atoms with Gasteiger partial charge in [-0.3, -0.25) is 4.79 Å². The van der Waals surface area contributed by atoms with Gasteiger partial charge in [0.2, 0.25) is 0 Å². The predicted octanol–water partition coefficient (Wildman–Crippen LogP) is 1.73. The first-order chi connectivity index (χ1) is 11.7. The van der Waals surface area contributed by atoms with Crippen LogP contribution in [0.4, 0.5) is 4.79 Å². The molecule has 1 aromatic rings. The van der Waals surface area contributed by atoms with Gasteiger partial charge in [0, 0.05) is 19.6 Å². The first-order valence-corrected chi connectivity index (χ1v) is 9.95. The van der Waals surface area contributed by atoms with Gasteiger partial charge in [0.15, 0.2) is 9.84 Å². The van der Waals surface area contributed by atoms with E-state index in [9.17, 15) is 18.0 Å². The maximum absolute atomic E-state index is 12.3. The van der Waals surface area contributed by atoms with Crippen molar-refractivity contribution in [3.05, 3.63) is 29.8 Å². The summed E-state index contributed by atoms with van der Waals surface area (Å²) in [4.78, 5) is 25.3. The van der Waals surface area contributed by atoms with Crippen molar-refractivity contribution in [2.75, 3.05) is 18.8 Å². The van der Waals surface area contributed by atoms with Gasteiger partial charge in [-0.2, -0.15) is 0 Å². The summed E-state index contributed by atoms with van der Waals surface area (Å²) in [7, 11) is -3.23. The van der Waals surface area contributed by atoms with Gasteiger partial charge in [0.05, 0.1) is 16.6 Å². The summed E-state index contributed by atoms with van der Waals surface area (Å²) in [6.45, 7) is 4.52. The van der Waals surface area contributed by atoms with E-state index in [1.165, 1.54) is 17.0 Å². The zero-order chi connectivity index (χ0) is 18.6. The highest BCUT2D eigenvalue weighted by Gasteiger charge is 2.31. The lowest BCUT2D eigenvalue weighted by Gasteiger charge is -2.34. The number of urea groups is 1. The van der Waals surface area contributed by atoms with Crippen LogP contribution in [-0.4, -0.2) is 49.3 Å². The van der Waals surface area contributed by atoms with Crippen molar-refractivity contribution in [2.45, 2.75) is 31.7 Å². The molecule has 7 nitrogen and oxygen atoms in total. The minimum atomic E-state index is -3.23. The van der Waals surface area contributed by atoms with E-state index in [-0.39, 0.29) is 35.7 Å². The van der Waals surface area contributed by atoms with E-state index in [0.29, 0.717) is 13.0 Å². The fourth-order valence-corrected chi connectivity index (χ4v) is 3.85. The predicted molar refractivity (Wildman–Crippen MR) is 92.9 cm³/mol. The number of nitrogens with zero attached hydrogens (tertiary/aromatic N) is 1. The summed E-state index contributed by atoms with van der Waals surface area (Å²) in [5.74, 6) is -1.23. The molecule has 0 aliphatic carbocycles. The van der Waals surface area contributed by atoms with Crippen molar-refractivity contribution < 1.29 is 23.1 Å². The molecule has 1 aliphatic heterocycles. The molecule has 2 rings (SSSR count). The van der Waals surface area contributed by atoms with Gasteiger partial charge in [-0.1, -0.05) is 26.0 Å². The van der Waals surface area contributed by atoms with Gasteiger partial charge in [-0.15, -0.1) is 0 Å². The fourth-order valence-electron chi connectivity index (χ4n) is 2.97. The molecule has 2 atom stereocenters. The highest BCUT2D eigenvalue weighted by molar-refractivity contribution is 7.91. The van der Waals surface area contributed by atoms with E-state index in [1.54, 1.807) is 19.1 Å². The van der Waals surface area contributed by atoms with Gasteiger partial charge in [0.25, 0.3) is 0 Å². The Morgan fingerprint density at radius 3 is 2.44 bits per heavy atom. The second kappa shape index (κ2) is 7.86. The average Bonchev–Trinajstić information content (AvgIpc) is 2.59. The number of carbonyl (C=O) groups is 2. The molecular formula is C17H24N2O5S. The average molecular weight is 368 g/mol. The highest BCUT2D eigenvalue weighted by Crippen LogP contribution is 2.22. The number of benzene rings is 1. The summed E-state index contributed by atoms with van der Waals surface area (Å²) in [5, 5.41) is 11.9. The SMILES string of the molecule is CCS(=O)(=O)c1ccc(CNC(=O)N2CC(C)CC(C(=O)O)C2)cc1. The summed E-state index contributed by atoms with van der Waals surface area (Å²) < 4.78 is 23.6. The van der Waals surface area contributed by atoms with Crippen molar-refractivity contribution >= 4 is 21.8 Å². The molecule has 0 radical (unpaired) electrons. The van der Waals surface area contributed by atoms with Crippen molar-refractivity contribution in [3.8, 4) is 0 Å². The Morgan fingerprint density at radius 1 is 1.24 bits per heavy atom. The summed E-state index contributed by atoms with van der Waals surface area (Å²) in [6.07, 6.45) is 0.576. The molecule has 8 heteroatoms. The largest absolute Gasteiger partial charge is 0.481 e. The first kappa shape index (κ1) is 19.2. The number of amides is 2. The van der Waals surface area contributed by atoms with Crippen molar-refractivity contribution in [3.63, 3.8) is 0 Å². The molecule has 2 unspecified atom stereocenters. The standard InChI is InChI=1S/C17H24N2O5S/c1-3-25(23,24)15-6-4-13(5-7-15)9-18-17(22)19-10-12(2)8-14(11-19)16(20)21/h4-7,12,14H,3,8-11H2,1-2H3,(H,18,22)(H,20,21). The molecule has 2 amide bonds. The summed E-state index contributed by atoms with van der Waals surface area (Å²) >= 11 is 0. The lowest BCUT2D eigenvalue weighted by atomic mass is 9.91.